The van der Waals surface area contributed by atoms with Crippen LogP contribution in [0.5, 0.6) is 5.75 Å². The predicted octanol–water partition coefficient (Wildman–Crippen LogP) is 5.02. The number of aromatic nitrogens is 2. The van der Waals surface area contributed by atoms with E-state index in [9.17, 15) is 13.2 Å². The maximum atomic E-state index is 13.2. The molecular formula is C26H27N3O4S. The van der Waals surface area contributed by atoms with Crippen molar-refractivity contribution in [3.63, 3.8) is 0 Å². The first-order valence-corrected chi connectivity index (χ1v) is 12.6. The van der Waals surface area contributed by atoms with E-state index in [-0.39, 0.29) is 16.4 Å². The van der Waals surface area contributed by atoms with E-state index >= 15 is 0 Å². The fraction of sp³-hybridized carbons (Fsp3) is 0.231. The maximum Gasteiger partial charge on any atom is 0.265 e. The number of fused-ring (bicyclic) bond motifs is 1. The molecule has 0 saturated carbocycles. The normalized spacial score (nSPS) is 11.7. The third-order valence-electron chi connectivity index (χ3n) is 5.54. The second-order valence-corrected chi connectivity index (χ2v) is 9.91. The highest BCUT2D eigenvalue weighted by molar-refractivity contribution is 7.92. The van der Waals surface area contributed by atoms with Crippen LogP contribution in [0.1, 0.15) is 38.1 Å². The first-order valence-electron chi connectivity index (χ1n) is 11.1. The van der Waals surface area contributed by atoms with Crippen LogP contribution < -0.4 is 15.0 Å². The predicted molar refractivity (Wildman–Crippen MR) is 135 cm³/mol. The van der Waals surface area contributed by atoms with Crippen LogP contribution in [0.3, 0.4) is 0 Å². The summed E-state index contributed by atoms with van der Waals surface area (Å²) in [5.41, 5.74) is 2.33. The summed E-state index contributed by atoms with van der Waals surface area (Å²) in [7, 11) is -3.90. The highest BCUT2D eigenvalue weighted by atomic mass is 32.2. The van der Waals surface area contributed by atoms with Crippen LogP contribution in [0.15, 0.2) is 76.4 Å². The number of hydrogen-bond acceptors (Lipinski definition) is 5. The fourth-order valence-electron chi connectivity index (χ4n) is 3.80. The molecule has 3 aromatic carbocycles. The highest BCUT2D eigenvalue weighted by Gasteiger charge is 2.21. The minimum absolute atomic E-state index is 0.0930. The van der Waals surface area contributed by atoms with Crippen LogP contribution in [0.4, 0.5) is 5.69 Å². The molecule has 1 aromatic heterocycles. The van der Waals surface area contributed by atoms with Crippen molar-refractivity contribution >= 4 is 26.6 Å². The lowest BCUT2D eigenvalue weighted by Gasteiger charge is -2.16. The van der Waals surface area contributed by atoms with E-state index in [0.29, 0.717) is 40.5 Å². The van der Waals surface area contributed by atoms with E-state index in [1.54, 1.807) is 61.5 Å². The molecule has 0 bridgehead atoms. The van der Waals surface area contributed by atoms with Crippen LogP contribution in [-0.4, -0.2) is 24.6 Å². The van der Waals surface area contributed by atoms with Crippen molar-refractivity contribution in [2.24, 2.45) is 0 Å². The molecule has 0 amide bonds. The molecule has 4 rings (SSSR count). The highest BCUT2D eigenvalue weighted by Crippen LogP contribution is 2.30. The molecule has 1 heterocycles. The zero-order valence-electron chi connectivity index (χ0n) is 19.6. The number of hydrogen-bond donors (Lipinski definition) is 1. The van der Waals surface area contributed by atoms with Gasteiger partial charge in [-0.1, -0.05) is 32.0 Å². The SMILES string of the molecule is CCOc1ccc(C(C)C)cc1S(=O)(=O)Nc1ccc(-n2c(C)nc3ccccc3c2=O)cc1. The Morgan fingerprint density at radius 3 is 2.41 bits per heavy atom. The third kappa shape index (κ3) is 4.54. The molecule has 0 aliphatic rings. The standard InChI is InChI=1S/C26H27N3O4S/c1-5-33-24-15-10-19(17(2)3)16-25(24)34(31,32)28-20-11-13-21(14-12-20)29-18(4)27-23-9-7-6-8-22(23)26(29)30/h6-17,28H,5H2,1-4H3. The number of sulfonamides is 1. The number of nitrogens with one attached hydrogen (secondary N) is 1. The molecule has 0 fully saturated rings. The van der Waals surface area contributed by atoms with E-state index in [1.165, 1.54) is 4.57 Å². The second kappa shape index (κ2) is 9.30. The molecule has 0 saturated heterocycles. The van der Waals surface area contributed by atoms with E-state index < -0.39 is 10.0 Å². The average Bonchev–Trinajstić information content (AvgIpc) is 2.80. The van der Waals surface area contributed by atoms with Crippen molar-refractivity contribution in [3.05, 3.63) is 88.5 Å². The van der Waals surface area contributed by atoms with Crippen LogP contribution in [0.2, 0.25) is 0 Å². The lowest BCUT2D eigenvalue weighted by atomic mass is 10.0. The summed E-state index contributed by atoms with van der Waals surface area (Å²) in [6.45, 7) is 7.94. The largest absolute Gasteiger partial charge is 0.492 e. The third-order valence-corrected chi connectivity index (χ3v) is 6.95. The minimum atomic E-state index is -3.90. The quantitative estimate of drug-likeness (QED) is 0.404. The van der Waals surface area contributed by atoms with Crippen molar-refractivity contribution in [2.45, 2.75) is 38.5 Å². The summed E-state index contributed by atoms with van der Waals surface area (Å²) >= 11 is 0. The van der Waals surface area contributed by atoms with Crippen molar-refractivity contribution in [2.75, 3.05) is 11.3 Å². The Morgan fingerprint density at radius 1 is 1.03 bits per heavy atom. The number of para-hydroxylation sites is 1. The molecule has 0 atom stereocenters. The Hall–Kier alpha value is -3.65. The first-order chi connectivity index (χ1) is 16.2. The van der Waals surface area contributed by atoms with Crippen molar-refractivity contribution in [3.8, 4) is 11.4 Å². The number of ether oxygens (including phenoxy) is 1. The Bertz CT molecular complexity index is 1510. The molecule has 0 aliphatic carbocycles. The summed E-state index contributed by atoms with van der Waals surface area (Å²) < 4.78 is 36.2. The zero-order chi connectivity index (χ0) is 24.5. The van der Waals surface area contributed by atoms with Crippen molar-refractivity contribution < 1.29 is 13.2 Å². The van der Waals surface area contributed by atoms with Crippen LogP contribution in [0.25, 0.3) is 16.6 Å². The van der Waals surface area contributed by atoms with Gasteiger partial charge in [-0.2, -0.15) is 0 Å². The average molecular weight is 478 g/mol. The monoisotopic (exact) mass is 477 g/mol. The molecule has 8 heteroatoms. The van der Waals surface area contributed by atoms with Gasteiger partial charge in [-0.15, -0.1) is 0 Å². The molecule has 0 radical (unpaired) electrons. The van der Waals surface area contributed by atoms with Gasteiger partial charge in [0, 0.05) is 5.69 Å². The number of anilines is 1. The van der Waals surface area contributed by atoms with Gasteiger partial charge in [-0.25, -0.2) is 13.4 Å². The van der Waals surface area contributed by atoms with Gasteiger partial charge in [0.2, 0.25) is 0 Å². The summed E-state index contributed by atoms with van der Waals surface area (Å²) in [4.78, 5) is 17.6. The minimum Gasteiger partial charge on any atom is -0.492 e. The van der Waals surface area contributed by atoms with E-state index in [2.05, 4.69) is 9.71 Å². The summed E-state index contributed by atoms with van der Waals surface area (Å²) in [6.07, 6.45) is 0. The number of benzene rings is 3. The molecule has 1 N–H and O–H groups in total. The Balaban J connectivity index is 1.68. The molecular weight excluding hydrogens is 450 g/mol. The van der Waals surface area contributed by atoms with Crippen LogP contribution >= 0.6 is 0 Å². The molecule has 7 nitrogen and oxygen atoms in total. The topological polar surface area (TPSA) is 90.3 Å². The van der Waals surface area contributed by atoms with E-state index in [4.69, 9.17) is 4.74 Å². The number of rotatable bonds is 7. The Morgan fingerprint density at radius 2 is 1.74 bits per heavy atom. The second-order valence-electron chi connectivity index (χ2n) is 8.26. The van der Waals surface area contributed by atoms with Gasteiger partial charge >= 0.3 is 0 Å². The van der Waals surface area contributed by atoms with Crippen LogP contribution in [-0.2, 0) is 10.0 Å². The number of aryl methyl sites for hydroxylation is 1. The van der Waals surface area contributed by atoms with Crippen molar-refractivity contribution in [1.29, 1.82) is 0 Å². The lowest BCUT2D eigenvalue weighted by Crippen LogP contribution is -2.22. The summed E-state index contributed by atoms with van der Waals surface area (Å²) in [6, 6.07) is 19.0. The van der Waals surface area contributed by atoms with Gasteiger partial charge in [-0.05, 0) is 73.9 Å². The summed E-state index contributed by atoms with van der Waals surface area (Å²) in [5, 5.41) is 0.520. The Kier molecular flexibility index (Phi) is 6.43. The maximum absolute atomic E-state index is 13.2. The molecule has 0 unspecified atom stereocenters. The molecule has 0 aliphatic heterocycles. The van der Waals surface area contributed by atoms with Gasteiger partial charge in [0.05, 0.1) is 23.2 Å². The number of nitrogens with zero attached hydrogens (tertiary/aromatic N) is 2. The van der Waals surface area contributed by atoms with Gasteiger partial charge < -0.3 is 4.74 Å². The first kappa shape index (κ1) is 23.5. The van der Waals surface area contributed by atoms with Gasteiger partial charge in [0.1, 0.15) is 16.5 Å². The van der Waals surface area contributed by atoms with Gasteiger partial charge in [0.15, 0.2) is 0 Å². The molecule has 0 spiro atoms. The fourth-order valence-corrected chi connectivity index (χ4v) is 5.04. The van der Waals surface area contributed by atoms with Gasteiger partial charge in [0.25, 0.3) is 15.6 Å². The smallest absolute Gasteiger partial charge is 0.265 e. The lowest BCUT2D eigenvalue weighted by molar-refractivity contribution is 0.331. The molecule has 4 aromatic rings. The Labute approximate surface area is 199 Å². The van der Waals surface area contributed by atoms with E-state index in [1.807, 2.05) is 32.9 Å². The molecule has 34 heavy (non-hydrogen) atoms. The summed E-state index contributed by atoms with van der Waals surface area (Å²) in [5.74, 6) is 1.02. The van der Waals surface area contributed by atoms with Crippen molar-refractivity contribution in [1.82, 2.24) is 9.55 Å². The van der Waals surface area contributed by atoms with E-state index in [0.717, 1.165) is 5.56 Å². The van der Waals surface area contributed by atoms with Crippen LogP contribution in [0, 0.1) is 6.92 Å². The van der Waals surface area contributed by atoms with Gasteiger partial charge in [-0.3, -0.25) is 14.1 Å². The zero-order valence-corrected chi connectivity index (χ0v) is 20.4. The molecule has 176 valence electrons.